The van der Waals surface area contributed by atoms with Crippen LogP contribution in [0.5, 0.6) is 0 Å². The molecule has 1 N–H and O–H groups in total. The smallest absolute Gasteiger partial charge is 0.00962 e. The summed E-state index contributed by atoms with van der Waals surface area (Å²) in [4.78, 5) is 2.85. The first-order valence-corrected chi connectivity index (χ1v) is 9.03. The molecule has 2 nitrogen and oxygen atoms in total. The first-order chi connectivity index (χ1) is 9.56. The van der Waals surface area contributed by atoms with E-state index in [2.05, 4.69) is 37.9 Å². The van der Waals surface area contributed by atoms with Gasteiger partial charge in [-0.25, -0.2) is 0 Å². The van der Waals surface area contributed by atoms with E-state index in [0.29, 0.717) is 5.41 Å². The van der Waals surface area contributed by atoms with Gasteiger partial charge < -0.3 is 5.32 Å². The number of nitrogens with zero attached hydrogens (tertiary/aromatic N) is 1. The van der Waals surface area contributed by atoms with Crippen LogP contribution in [0.2, 0.25) is 0 Å². The third kappa shape index (κ3) is 3.98. The summed E-state index contributed by atoms with van der Waals surface area (Å²) in [5.74, 6) is 0.766. The zero-order valence-electron chi connectivity index (χ0n) is 14.3. The Balaban J connectivity index is 1.94. The van der Waals surface area contributed by atoms with Crippen molar-refractivity contribution in [3.8, 4) is 0 Å². The monoisotopic (exact) mass is 280 g/mol. The van der Waals surface area contributed by atoms with Gasteiger partial charge in [-0.05, 0) is 56.9 Å². The van der Waals surface area contributed by atoms with E-state index in [1.807, 2.05) is 0 Å². The van der Waals surface area contributed by atoms with Gasteiger partial charge in [-0.15, -0.1) is 0 Å². The molecule has 0 aromatic heterocycles. The minimum atomic E-state index is 0.570. The molecule has 2 aliphatic rings. The minimum Gasteiger partial charge on any atom is -0.316 e. The van der Waals surface area contributed by atoms with Crippen molar-refractivity contribution in [1.82, 2.24) is 10.2 Å². The number of hydrogen-bond acceptors (Lipinski definition) is 2. The zero-order valence-corrected chi connectivity index (χ0v) is 14.3. The molecular weight excluding hydrogens is 244 g/mol. The lowest BCUT2D eigenvalue weighted by atomic mass is 9.84. The molecule has 1 aliphatic carbocycles. The van der Waals surface area contributed by atoms with Crippen molar-refractivity contribution >= 4 is 0 Å². The normalized spacial score (nSPS) is 30.4. The summed E-state index contributed by atoms with van der Waals surface area (Å²) in [6, 6.07) is 1.66. The Hall–Kier alpha value is -0.0800. The highest BCUT2D eigenvalue weighted by molar-refractivity contribution is 4.94. The largest absolute Gasteiger partial charge is 0.316 e. The molecule has 1 saturated carbocycles. The summed E-state index contributed by atoms with van der Waals surface area (Å²) in [6.45, 7) is 13.2. The van der Waals surface area contributed by atoms with E-state index in [-0.39, 0.29) is 0 Å². The van der Waals surface area contributed by atoms with Gasteiger partial charge in [0.1, 0.15) is 0 Å². The topological polar surface area (TPSA) is 15.3 Å². The van der Waals surface area contributed by atoms with E-state index in [1.165, 1.54) is 64.6 Å². The van der Waals surface area contributed by atoms with Crippen molar-refractivity contribution in [3.05, 3.63) is 0 Å². The second-order valence-corrected chi connectivity index (χ2v) is 7.89. The first kappa shape index (κ1) is 16.3. The Kier molecular flexibility index (Phi) is 5.92. The van der Waals surface area contributed by atoms with Crippen LogP contribution in [-0.4, -0.2) is 36.6 Å². The fourth-order valence-electron chi connectivity index (χ4n) is 4.38. The Labute approximate surface area is 126 Å². The standard InChI is InChI=1S/C18H36N2/c1-5-17-9-8-16(4)20(17)14-18(10-6-7-11-18)13-19-12-15(2)3/h15-17,19H,5-14H2,1-4H3. The Morgan fingerprint density at radius 1 is 1.20 bits per heavy atom. The van der Waals surface area contributed by atoms with Gasteiger partial charge in [0.25, 0.3) is 0 Å². The van der Waals surface area contributed by atoms with E-state index in [1.54, 1.807) is 0 Å². The summed E-state index contributed by atoms with van der Waals surface area (Å²) < 4.78 is 0. The fourth-order valence-corrected chi connectivity index (χ4v) is 4.38. The summed E-state index contributed by atoms with van der Waals surface area (Å²) in [5, 5.41) is 3.76. The van der Waals surface area contributed by atoms with E-state index in [4.69, 9.17) is 0 Å². The second kappa shape index (κ2) is 7.26. The van der Waals surface area contributed by atoms with Crippen LogP contribution in [0.3, 0.4) is 0 Å². The number of likely N-dealkylation sites (tertiary alicyclic amines) is 1. The van der Waals surface area contributed by atoms with Crippen molar-refractivity contribution in [2.75, 3.05) is 19.6 Å². The Bertz CT molecular complexity index is 281. The molecule has 2 atom stereocenters. The van der Waals surface area contributed by atoms with Crippen molar-refractivity contribution < 1.29 is 0 Å². The fraction of sp³-hybridized carbons (Fsp3) is 1.00. The van der Waals surface area contributed by atoms with E-state index in [9.17, 15) is 0 Å². The van der Waals surface area contributed by atoms with Crippen molar-refractivity contribution in [3.63, 3.8) is 0 Å². The molecule has 1 aliphatic heterocycles. The molecule has 2 heteroatoms. The van der Waals surface area contributed by atoms with E-state index in [0.717, 1.165) is 18.0 Å². The van der Waals surface area contributed by atoms with E-state index >= 15 is 0 Å². The molecule has 0 bridgehead atoms. The van der Waals surface area contributed by atoms with Gasteiger partial charge in [-0.3, -0.25) is 4.90 Å². The maximum Gasteiger partial charge on any atom is 0.00962 e. The highest BCUT2D eigenvalue weighted by Crippen LogP contribution is 2.41. The van der Waals surface area contributed by atoms with Crippen molar-refractivity contribution in [2.24, 2.45) is 11.3 Å². The van der Waals surface area contributed by atoms with Crippen molar-refractivity contribution in [2.45, 2.75) is 84.7 Å². The Morgan fingerprint density at radius 3 is 2.50 bits per heavy atom. The lowest BCUT2D eigenvalue weighted by Crippen LogP contribution is -2.47. The summed E-state index contributed by atoms with van der Waals surface area (Å²) in [5.41, 5.74) is 0.570. The highest BCUT2D eigenvalue weighted by Gasteiger charge is 2.39. The van der Waals surface area contributed by atoms with Crippen LogP contribution in [0, 0.1) is 11.3 Å². The zero-order chi connectivity index (χ0) is 14.6. The molecule has 0 aromatic rings. The minimum absolute atomic E-state index is 0.570. The summed E-state index contributed by atoms with van der Waals surface area (Å²) in [7, 11) is 0. The van der Waals surface area contributed by atoms with Crippen LogP contribution in [0.15, 0.2) is 0 Å². The third-order valence-corrected chi connectivity index (χ3v) is 5.66. The molecular formula is C18H36N2. The quantitative estimate of drug-likeness (QED) is 0.756. The predicted molar refractivity (Wildman–Crippen MR) is 88.1 cm³/mol. The van der Waals surface area contributed by atoms with Gasteiger partial charge in [0.05, 0.1) is 0 Å². The molecule has 20 heavy (non-hydrogen) atoms. The lowest BCUT2D eigenvalue weighted by molar-refractivity contribution is 0.107. The van der Waals surface area contributed by atoms with E-state index < -0.39 is 0 Å². The van der Waals surface area contributed by atoms with Crippen molar-refractivity contribution in [1.29, 1.82) is 0 Å². The molecule has 1 saturated heterocycles. The maximum atomic E-state index is 3.76. The van der Waals surface area contributed by atoms with Gasteiger partial charge in [0.2, 0.25) is 0 Å². The summed E-state index contributed by atoms with van der Waals surface area (Å²) in [6.07, 6.45) is 9.95. The number of nitrogens with one attached hydrogen (secondary N) is 1. The molecule has 2 fully saturated rings. The molecule has 2 unspecified atom stereocenters. The van der Waals surface area contributed by atoms with Gasteiger partial charge >= 0.3 is 0 Å². The first-order valence-electron chi connectivity index (χ1n) is 9.03. The second-order valence-electron chi connectivity index (χ2n) is 7.89. The van der Waals surface area contributed by atoms with Crippen LogP contribution in [0.25, 0.3) is 0 Å². The summed E-state index contributed by atoms with van der Waals surface area (Å²) >= 11 is 0. The van der Waals surface area contributed by atoms with Crippen LogP contribution >= 0.6 is 0 Å². The molecule has 0 spiro atoms. The molecule has 0 radical (unpaired) electrons. The average Bonchev–Trinajstić information content (AvgIpc) is 2.99. The Morgan fingerprint density at radius 2 is 1.90 bits per heavy atom. The van der Waals surface area contributed by atoms with Crippen LogP contribution in [-0.2, 0) is 0 Å². The van der Waals surface area contributed by atoms with Crippen LogP contribution in [0.4, 0.5) is 0 Å². The van der Waals surface area contributed by atoms with Crippen LogP contribution < -0.4 is 5.32 Å². The maximum absolute atomic E-state index is 3.76. The number of rotatable bonds is 7. The lowest BCUT2D eigenvalue weighted by Gasteiger charge is -2.38. The number of hydrogen-bond donors (Lipinski definition) is 1. The molecule has 118 valence electrons. The molecule has 0 aromatic carbocycles. The van der Waals surface area contributed by atoms with Gasteiger partial charge in [-0.1, -0.05) is 33.6 Å². The van der Waals surface area contributed by atoms with Gasteiger partial charge in [0, 0.05) is 25.2 Å². The molecule has 1 heterocycles. The van der Waals surface area contributed by atoms with Gasteiger partial charge in [-0.2, -0.15) is 0 Å². The predicted octanol–water partition coefficient (Wildman–Crippen LogP) is 4.06. The molecule has 2 rings (SSSR count). The SMILES string of the molecule is CCC1CCC(C)N1CC1(CNCC(C)C)CCCC1. The molecule has 0 amide bonds. The van der Waals surface area contributed by atoms with Crippen LogP contribution in [0.1, 0.15) is 72.6 Å². The average molecular weight is 281 g/mol. The third-order valence-electron chi connectivity index (χ3n) is 5.66. The highest BCUT2D eigenvalue weighted by atomic mass is 15.2. The van der Waals surface area contributed by atoms with Gasteiger partial charge in [0.15, 0.2) is 0 Å².